The number of rotatable bonds is 3. The van der Waals surface area contributed by atoms with Gasteiger partial charge in [0.25, 0.3) is 5.91 Å². The molecule has 1 fully saturated rings. The molecule has 4 N–H and O–H groups in total. The molecule has 3 rings (SSSR count). The molecular weight excluding hydrogens is 250 g/mol. The maximum Gasteiger partial charge on any atom is 0.268 e. The van der Waals surface area contributed by atoms with Gasteiger partial charge in [-0.1, -0.05) is 0 Å². The number of nitrogens with one attached hydrogen (secondary N) is 2. The molecule has 0 spiro atoms. The van der Waals surface area contributed by atoms with Crippen LogP contribution in [0.25, 0.3) is 0 Å². The molecule has 0 aromatic carbocycles. The second-order valence-electron chi connectivity index (χ2n) is 4.13. The molecule has 0 saturated carbocycles. The summed E-state index contributed by atoms with van der Waals surface area (Å²) in [5.74, 6) is 0.524. The number of nitrogens with zero attached hydrogens (tertiary/aromatic N) is 2. The third-order valence-electron chi connectivity index (χ3n) is 2.92. The zero-order valence-electron chi connectivity index (χ0n) is 9.59. The van der Waals surface area contributed by atoms with E-state index in [1.165, 1.54) is 11.3 Å². The van der Waals surface area contributed by atoms with E-state index in [9.17, 15) is 4.79 Å². The fourth-order valence-electron chi connectivity index (χ4n) is 1.83. The van der Waals surface area contributed by atoms with Gasteiger partial charge >= 0.3 is 0 Å². The Morgan fingerprint density at radius 1 is 1.56 bits per heavy atom. The lowest BCUT2D eigenvalue weighted by Crippen LogP contribution is -2.44. The van der Waals surface area contributed by atoms with Crippen molar-refractivity contribution in [3.63, 3.8) is 0 Å². The molecule has 7 heteroatoms. The molecular formula is C11H13N5OS. The van der Waals surface area contributed by atoms with Gasteiger partial charge in [0.05, 0.1) is 17.9 Å². The van der Waals surface area contributed by atoms with E-state index in [0.29, 0.717) is 22.4 Å². The van der Waals surface area contributed by atoms with Crippen LogP contribution in [0.2, 0.25) is 0 Å². The van der Waals surface area contributed by atoms with Gasteiger partial charge in [-0.15, -0.1) is 11.3 Å². The van der Waals surface area contributed by atoms with E-state index in [2.05, 4.69) is 15.7 Å². The normalized spacial score (nSPS) is 15.3. The number of hydrogen-bond acceptors (Lipinski definition) is 5. The number of anilines is 2. The number of nitrogens with two attached hydrogens (primary N) is 1. The van der Waals surface area contributed by atoms with Crippen molar-refractivity contribution in [1.82, 2.24) is 15.1 Å². The SMILES string of the molecule is Nc1ccsc1C(=O)Nc1ccnn1C1CNC1. The monoisotopic (exact) mass is 263 g/mol. The molecule has 1 aliphatic rings. The number of amides is 1. The summed E-state index contributed by atoms with van der Waals surface area (Å²) in [6, 6.07) is 3.84. The van der Waals surface area contributed by atoms with Crippen LogP contribution in [0, 0.1) is 0 Å². The van der Waals surface area contributed by atoms with Crippen molar-refractivity contribution < 1.29 is 4.79 Å². The summed E-state index contributed by atoms with van der Waals surface area (Å²) in [7, 11) is 0. The lowest BCUT2D eigenvalue weighted by molar-refractivity contribution is 0.103. The minimum absolute atomic E-state index is 0.184. The van der Waals surface area contributed by atoms with Gasteiger partial charge in [0.1, 0.15) is 10.7 Å². The summed E-state index contributed by atoms with van der Waals surface area (Å²) in [6.45, 7) is 1.76. The van der Waals surface area contributed by atoms with Gasteiger partial charge in [-0.05, 0) is 11.4 Å². The zero-order valence-corrected chi connectivity index (χ0v) is 10.4. The summed E-state index contributed by atoms with van der Waals surface area (Å²) in [5, 5.41) is 12.1. The van der Waals surface area contributed by atoms with E-state index in [-0.39, 0.29) is 5.91 Å². The Morgan fingerprint density at radius 3 is 3.00 bits per heavy atom. The van der Waals surface area contributed by atoms with E-state index >= 15 is 0 Å². The Labute approximate surface area is 108 Å². The van der Waals surface area contributed by atoms with Gasteiger partial charge in [0, 0.05) is 19.2 Å². The first-order valence-corrected chi connectivity index (χ1v) is 6.52. The molecule has 0 atom stereocenters. The van der Waals surface area contributed by atoms with Crippen molar-refractivity contribution in [3.8, 4) is 0 Å². The molecule has 6 nitrogen and oxygen atoms in total. The third kappa shape index (κ3) is 1.87. The van der Waals surface area contributed by atoms with Crippen LogP contribution in [0.4, 0.5) is 11.5 Å². The molecule has 0 radical (unpaired) electrons. The van der Waals surface area contributed by atoms with Gasteiger partial charge in [-0.3, -0.25) is 4.79 Å². The Balaban J connectivity index is 1.78. The van der Waals surface area contributed by atoms with Crippen molar-refractivity contribution in [2.24, 2.45) is 0 Å². The van der Waals surface area contributed by atoms with Crippen LogP contribution in [0.3, 0.4) is 0 Å². The van der Waals surface area contributed by atoms with Crippen molar-refractivity contribution in [3.05, 3.63) is 28.6 Å². The maximum atomic E-state index is 12.0. The molecule has 1 aliphatic heterocycles. The van der Waals surface area contributed by atoms with Crippen LogP contribution in [0.1, 0.15) is 15.7 Å². The smallest absolute Gasteiger partial charge is 0.268 e. The van der Waals surface area contributed by atoms with E-state index in [1.54, 1.807) is 23.7 Å². The summed E-state index contributed by atoms with van der Waals surface area (Å²) < 4.78 is 1.83. The van der Waals surface area contributed by atoms with Crippen molar-refractivity contribution in [2.75, 3.05) is 24.1 Å². The van der Waals surface area contributed by atoms with E-state index in [4.69, 9.17) is 5.73 Å². The third-order valence-corrected chi connectivity index (χ3v) is 3.85. The number of carbonyl (C=O) groups excluding carboxylic acids is 1. The van der Waals surface area contributed by atoms with Crippen LogP contribution in [-0.2, 0) is 0 Å². The van der Waals surface area contributed by atoms with Crippen molar-refractivity contribution in [2.45, 2.75) is 6.04 Å². The maximum absolute atomic E-state index is 12.0. The molecule has 0 aliphatic carbocycles. The van der Waals surface area contributed by atoms with Crippen molar-refractivity contribution >= 4 is 28.7 Å². The lowest BCUT2D eigenvalue weighted by atomic mass is 10.2. The van der Waals surface area contributed by atoms with Crippen molar-refractivity contribution in [1.29, 1.82) is 0 Å². The summed E-state index contributed by atoms with van der Waals surface area (Å²) in [4.78, 5) is 12.6. The first-order chi connectivity index (χ1) is 8.75. The van der Waals surface area contributed by atoms with Crippen LogP contribution < -0.4 is 16.4 Å². The zero-order chi connectivity index (χ0) is 12.5. The number of carbonyl (C=O) groups is 1. The molecule has 2 aromatic rings. The fourth-order valence-corrected chi connectivity index (χ4v) is 2.54. The minimum Gasteiger partial charge on any atom is -0.397 e. The largest absolute Gasteiger partial charge is 0.397 e. The molecule has 94 valence electrons. The lowest BCUT2D eigenvalue weighted by Gasteiger charge is -2.28. The summed E-state index contributed by atoms with van der Waals surface area (Å²) in [6.07, 6.45) is 1.69. The molecule has 1 amide bonds. The average molecular weight is 263 g/mol. The first-order valence-electron chi connectivity index (χ1n) is 5.64. The van der Waals surface area contributed by atoms with Crippen LogP contribution >= 0.6 is 11.3 Å². The Bertz CT molecular complexity index is 572. The van der Waals surface area contributed by atoms with Gasteiger partial charge in [-0.25, -0.2) is 4.68 Å². The highest BCUT2D eigenvalue weighted by Gasteiger charge is 2.22. The Morgan fingerprint density at radius 2 is 2.39 bits per heavy atom. The average Bonchev–Trinajstić information content (AvgIpc) is 2.86. The minimum atomic E-state index is -0.184. The first kappa shape index (κ1) is 11.2. The molecule has 0 bridgehead atoms. The van der Waals surface area contributed by atoms with Gasteiger partial charge in [-0.2, -0.15) is 5.10 Å². The summed E-state index contributed by atoms with van der Waals surface area (Å²) in [5.41, 5.74) is 6.23. The predicted octanol–water partition coefficient (Wildman–Crippen LogP) is 0.923. The number of hydrogen-bond donors (Lipinski definition) is 3. The Hall–Kier alpha value is -1.86. The fraction of sp³-hybridized carbons (Fsp3) is 0.273. The molecule has 2 aromatic heterocycles. The van der Waals surface area contributed by atoms with Gasteiger partial charge in [0.15, 0.2) is 0 Å². The standard InChI is InChI=1S/C11H13N5OS/c12-8-2-4-18-10(8)11(17)15-9-1-3-14-16(9)7-5-13-6-7/h1-4,7,13H,5-6,12H2,(H,15,17). The van der Waals surface area contributed by atoms with Gasteiger partial charge in [0.2, 0.25) is 0 Å². The second-order valence-corrected chi connectivity index (χ2v) is 5.05. The highest BCUT2D eigenvalue weighted by atomic mass is 32.1. The highest BCUT2D eigenvalue weighted by molar-refractivity contribution is 7.12. The molecule has 18 heavy (non-hydrogen) atoms. The topological polar surface area (TPSA) is 85.0 Å². The number of nitrogen functional groups attached to an aromatic ring is 1. The summed E-state index contributed by atoms with van der Waals surface area (Å²) >= 11 is 1.33. The highest BCUT2D eigenvalue weighted by Crippen LogP contribution is 2.22. The molecule has 0 unspecified atom stereocenters. The second kappa shape index (κ2) is 4.43. The van der Waals surface area contributed by atoms with Crippen LogP contribution in [-0.4, -0.2) is 28.8 Å². The predicted molar refractivity (Wildman–Crippen MR) is 70.8 cm³/mol. The van der Waals surface area contributed by atoms with Crippen LogP contribution in [0.15, 0.2) is 23.7 Å². The quantitative estimate of drug-likeness (QED) is 0.769. The van der Waals surface area contributed by atoms with E-state index in [1.807, 2.05) is 4.68 Å². The van der Waals surface area contributed by atoms with Crippen LogP contribution in [0.5, 0.6) is 0 Å². The number of thiophene rings is 1. The molecule has 1 saturated heterocycles. The number of aromatic nitrogens is 2. The van der Waals surface area contributed by atoms with E-state index in [0.717, 1.165) is 13.1 Å². The molecule has 3 heterocycles. The Kier molecular flexibility index (Phi) is 2.77. The van der Waals surface area contributed by atoms with Gasteiger partial charge < -0.3 is 16.4 Å². The van der Waals surface area contributed by atoms with E-state index < -0.39 is 0 Å².